The van der Waals surface area contributed by atoms with E-state index in [1.165, 1.54) is 12.1 Å². The number of carbonyl (C=O) groups is 3. The molecular weight excluding hydrogens is 364 g/mol. The third-order valence-corrected chi connectivity index (χ3v) is 4.48. The predicted octanol–water partition coefficient (Wildman–Crippen LogP) is 1.46. The molecule has 1 aliphatic heterocycles. The number of hydroxylamine groups is 2. The third kappa shape index (κ3) is 5.02. The Kier molecular flexibility index (Phi) is 5.67. The topological polar surface area (TPSA) is 119 Å². The SMILES string of the molecule is CC(C)(C)OC(=O)NS(=O)(=O)CCCON1C(=O)c2ccccc2C1=O. The van der Waals surface area contributed by atoms with Crippen molar-refractivity contribution in [2.45, 2.75) is 32.8 Å². The Labute approximate surface area is 151 Å². The predicted molar refractivity (Wildman–Crippen MR) is 90.7 cm³/mol. The molecule has 2 rings (SSSR count). The summed E-state index contributed by atoms with van der Waals surface area (Å²) in [6.07, 6.45) is -1.11. The summed E-state index contributed by atoms with van der Waals surface area (Å²) in [4.78, 5) is 40.7. The number of carbonyl (C=O) groups excluding carboxylic acids is 3. The van der Waals surface area contributed by atoms with E-state index in [0.717, 1.165) is 0 Å². The molecule has 0 unspecified atom stereocenters. The number of benzene rings is 1. The Balaban J connectivity index is 1.81. The minimum atomic E-state index is -3.92. The van der Waals surface area contributed by atoms with Crippen molar-refractivity contribution in [2.75, 3.05) is 12.4 Å². The van der Waals surface area contributed by atoms with Crippen molar-refractivity contribution < 1.29 is 32.4 Å². The van der Waals surface area contributed by atoms with E-state index in [-0.39, 0.29) is 24.2 Å². The minimum Gasteiger partial charge on any atom is -0.443 e. The highest BCUT2D eigenvalue weighted by molar-refractivity contribution is 7.90. The molecule has 0 saturated carbocycles. The first kappa shape index (κ1) is 19.9. The summed E-state index contributed by atoms with van der Waals surface area (Å²) >= 11 is 0. The Morgan fingerprint density at radius 3 is 2.15 bits per heavy atom. The van der Waals surface area contributed by atoms with Crippen LogP contribution in [0.1, 0.15) is 47.9 Å². The highest BCUT2D eigenvalue weighted by Gasteiger charge is 2.36. The fraction of sp³-hybridized carbons (Fsp3) is 0.438. The van der Waals surface area contributed by atoms with Gasteiger partial charge >= 0.3 is 6.09 Å². The molecule has 142 valence electrons. The molecule has 1 aliphatic rings. The molecule has 0 radical (unpaired) electrons. The summed E-state index contributed by atoms with van der Waals surface area (Å²) in [7, 11) is -3.92. The van der Waals surface area contributed by atoms with E-state index in [0.29, 0.717) is 5.06 Å². The first-order valence-corrected chi connectivity index (χ1v) is 9.49. The molecule has 0 aliphatic carbocycles. The van der Waals surface area contributed by atoms with E-state index in [1.54, 1.807) is 37.6 Å². The average Bonchev–Trinajstić information content (AvgIpc) is 2.74. The van der Waals surface area contributed by atoms with E-state index in [1.807, 2.05) is 0 Å². The number of nitrogens with zero attached hydrogens (tertiary/aromatic N) is 1. The number of amides is 3. The molecule has 1 aromatic rings. The van der Waals surface area contributed by atoms with Crippen LogP contribution >= 0.6 is 0 Å². The zero-order valence-electron chi connectivity index (χ0n) is 14.6. The normalized spacial score (nSPS) is 14.3. The van der Waals surface area contributed by atoms with E-state index < -0.39 is 39.3 Å². The lowest BCUT2D eigenvalue weighted by atomic mass is 10.1. The Morgan fingerprint density at radius 1 is 1.12 bits per heavy atom. The van der Waals surface area contributed by atoms with Gasteiger partial charge in [-0.15, -0.1) is 5.06 Å². The van der Waals surface area contributed by atoms with Crippen LogP contribution in [0.15, 0.2) is 24.3 Å². The summed E-state index contributed by atoms with van der Waals surface area (Å²) in [6, 6.07) is 6.27. The van der Waals surface area contributed by atoms with Gasteiger partial charge < -0.3 is 4.74 Å². The first-order chi connectivity index (χ1) is 12.0. The summed E-state index contributed by atoms with van der Waals surface area (Å²) in [5.74, 6) is -1.63. The highest BCUT2D eigenvalue weighted by atomic mass is 32.2. The van der Waals surface area contributed by atoms with Gasteiger partial charge in [0.25, 0.3) is 11.8 Å². The summed E-state index contributed by atoms with van der Waals surface area (Å²) in [5.41, 5.74) is -0.359. The smallest absolute Gasteiger partial charge is 0.421 e. The van der Waals surface area contributed by atoms with Gasteiger partial charge in [0.05, 0.1) is 23.5 Å². The van der Waals surface area contributed by atoms with E-state index >= 15 is 0 Å². The molecule has 0 bridgehead atoms. The lowest BCUT2D eigenvalue weighted by Crippen LogP contribution is -2.38. The van der Waals surface area contributed by atoms with Gasteiger partial charge in [0.15, 0.2) is 0 Å². The van der Waals surface area contributed by atoms with E-state index in [2.05, 4.69) is 0 Å². The van der Waals surface area contributed by atoms with Crippen LogP contribution in [0.2, 0.25) is 0 Å². The molecule has 1 N–H and O–H groups in total. The molecule has 9 nitrogen and oxygen atoms in total. The van der Waals surface area contributed by atoms with Crippen molar-refractivity contribution >= 4 is 27.9 Å². The quantitative estimate of drug-likeness (QED) is 0.582. The van der Waals surface area contributed by atoms with Gasteiger partial charge in [-0.3, -0.25) is 14.4 Å². The number of imide groups is 1. The van der Waals surface area contributed by atoms with Gasteiger partial charge in [0, 0.05) is 0 Å². The zero-order valence-corrected chi connectivity index (χ0v) is 15.5. The maximum atomic E-state index is 12.1. The standard InChI is InChI=1S/C16H20N2O7S/c1-16(2,3)25-15(21)17-26(22,23)10-6-9-24-18-13(19)11-7-4-5-8-12(11)14(18)20/h4-5,7-8H,6,9-10H2,1-3H3,(H,17,21). The monoisotopic (exact) mass is 384 g/mol. The number of rotatable bonds is 6. The minimum absolute atomic E-state index is 0.0362. The summed E-state index contributed by atoms with van der Waals surface area (Å²) in [6.45, 7) is 4.63. The Morgan fingerprint density at radius 2 is 1.65 bits per heavy atom. The number of hydrogen-bond acceptors (Lipinski definition) is 7. The van der Waals surface area contributed by atoms with Crippen molar-refractivity contribution in [1.29, 1.82) is 0 Å². The summed E-state index contributed by atoms with van der Waals surface area (Å²) in [5, 5.41) is 0.610. The molecular formula is C16H20N2O7S. The number of hydrogen-bond donors (Lipinski definition) is 1. The molecule has 0 atom stereocenters. The number of nitrogens with one attached hydrogen (secondary N) is 1. The largest absolute Gasteiger partial charge is 0.443 e. The van der Waals surface area contributed by atoms with Crippen LogP contribution < -0.4 is 4.72 Å². The Bertz CT molecular complexity index is 792. The van der Waals surface area contributed by atoms with Gasteiger partial charge in [0.2, 0.25) is 10.0 Å². The van der Waals surface area contributed by atoms with Crippen LogP contribution in [0.3, 0.4) is 0 Å². The van der Waals surface area contributed by atoms with E-state index in [4.69, 9.17) is 9.57 Å². The molecule has 0 aromatic heterocycles. The van der Waals surface area contributed by atoms with Crippen molar-refractivity contribution in [1.82, 2.24) is 9.79 Å². The highest BCUT2D eigenvalue weighted by Crippen LogP contribution is 2.22. The molecule has 10 heteroatoms. The zero-order chi connectivity index (χ0) is 19.5. The average molecular weight is 384 g/mol. The number of ether oxygens (including phenoxy) is 1. The van der Waals surface area contributed by atoms with Crippen LogP contribution in [-0.4, -0.2) is 49.3 Å². The van der Waals surface area contributed by atoms with Crippen LogP contribution in [0, 0.1) is 0 Å². The van der Waals surface area contributed by atoms with Crippen molar-refractivity contribution in [3.8, 4) is 0 Å². The summed E-state index contributed by atoms with van der Waals surface area (Å²) < 4.78 is 30.3. The molecule has 1 aromatic carbocycles. The Hall–Kier alpha value is -2.46. The molecule has 0 spiro atoms. The lowest BCUT2D eigenvalue weighted by Gasteiger charge is -2.19. The van der Waals surface area contributed by atoms with Crippen LogP contribution in [0.5, 0.6) is 0 Å². The second-order valence-corrected chi connectivity index (χ2v) is 8.40. The van der Waals surface area contributed by atoms with Crippen molar-refractivity contribution in [3.63, 3.8) is 0 Å². The molecule has 0 fully saturated rings. The van der Waals surface area contributed by atoms with Crippen LogP contribution in [0.4, 0.5) is 4.79 Å². The maximum Gasteiger partial charge on any atom is 0.421 e. The van der Waals surface area contributed by atoms with Crippen LogP contribution in [0.25, 0.3) is 0 Å². The molecule has 1 heterocycles. The molecule has 3 amide bonds. The van der Waals surface area contributed by atoms with Gasteiger partial charge in [-0.25, -0.2) is 17.9 Å². The fourth-order valence-corrected chi connectivity index (χ4v) is 3.06. The lowest BCUT2D eigenvalue weighted by molar-refractivity contribution is -0.0908. The van der Waals surface area contributed by atoms with Gasteiger partial charge in [-0.2, -0.15) is 0 Å². The van der Waals surface area contributed by atoms with Gasteiger partial charge in [-0.1, -0.05) is 12.1 Å². The van der Waals surface area contributed by atoms with Crippen LogP contribution in [-0.2, 0) is 19.6 Å². The number of fused-ring (bicyclic) bond motifs is 1. The second kappa shape index (κ2) is 7.42. The maximum absolute atomic E-state index is 12.1. The van der Waals surface area contributed by atoms with Gasteiger partial charge in [0.1, 0.15) is 5.60 Å². The van der Waals surface area contributed by atoms with Crippen molar-refractivity contribution in [3.05, 3.63) is 35.4 Å². The fourth-order valence-electron chi connectivity index (χ4n) is 2.17. The second-order valence-electron chi connectivity index (χ2n) is 6.56. The third-order valence-electron chi connectivity index (χ3n) is 3.17. The molecule has 0 saturated heterocycles. The van der Waals surface area contributed by atoms with Gasteiger partial charge in [-0.05, 0) is 39.3 Å². The first-order valence-electron chi connectivity index (χ1n) is 7.84. The van der Waals surface area contributed by atoms with Crippen molar-refractivity contribution in [2.24, 2.45) is 0 Å². The van der Waals surface area contributed by atoms with E-state index in [9.17, 15) is 22.8 Å². The number of sulfonamides is 1. The molecule has 26 heavy (non-hydrogen) atoms.